The van der Waals surface area contributed by atoms with Crippen LogP contribution >= 0.6 is 31.9 Å². The van der Waals surface area contributed by atoms with E-state index in [2.05, 4.69) is 82.2 Å². The van der Waals surface area contributed by atoms with Crippen molar-refractivity contribution in [2.75, 3.05) is 44.6 Å². The molecule has 0 fully saturated rings. The Morgan fingerprint density at radius 2 is 1.29 bits per heavy atom. The number of aromatic nitrogens is 14. The highest BCUT2D eigenvalue weighted by Gasteiger charge is 2.26. The number of ether oxygens (including phenoxy) is 4. The van der Waals surface area contributed by atoms with Gasteiger partial charge >= 0.3 is 11.9 Å². The zero-order valence-corrected chi connectivity index (χ0v) is 35.5. The fraction of sp³-hybridized carbons (Fsp3) is 0.235. The molecule has 0 bridgehead atoms. The standard InChI is InChI=1S/C18H20BrN7O6.C12H12BrN7.C4H5N3/c1-5-31-16(27)9-7-11(29-3)23-25(9)15-13(19)14(20)21-18(22-15)26-10(17(28)32-6-2)8-12(24-26)30-4;1-7-6-8(2)20(18-7)11-9(13)10(14)16-12(17-11)19-5-3-4-15-19;5-4-1-2-6-3-7-4/h7-8H,5-6H2,1-4H3,(H2,20,21,22);3-6H,1-2H3,(H2,14,16,17);1-3H,(H2,5,6,7). The second-order valence-electron chi connectivity index (χ2n) is 11.4. The fourth-order valence-electron chi connectivity index (χ4n) is 4.82. The molecule has 0 aliphatic heterocycles. The molecule has 23 nitrogen and oxygen atoms in total. The van der Waals surface area contributed by atoms with Crippen molar-refractivity contribution < 1.29 is 28.5 Å². The van der Waals surface area contributed by atoms with Crippen molar-refractivity contribution in [1.82, 2.24) is 69.0 Å². The van der Waals surface area contributed by atoms with Crippen molar-refractivity contribution in [3.63, 3.8) is 0 Å². The lowest BCUT2D eigenvalue weighted by Gasteiger charge is -2.12. The number of aryl methyl sites for hydroxylation is 2. The van der Waals surface area contributed by atoms with Crippen LogP contribution in [-0.4, -0.2) is 108 Å². The maximum Gasteiger partial charge on any atom is 0.357 e. The van der Waals surface area contributed by atoms with Gasteiger partial charge in [-0.05, 0) is 77.8 Å². The van der Waals surface area contributed by atoms with Crippen LogP contribution in [0.25, 0.3) is 23.5 Å². The number of hydrogen-bond donors (Lipinski definition) is 3. The van der Waals surface area contributed by atoms with Crippen LogP contribution in [-0.2, 0) is 9.47 Å². The highest BCUT2D eigenvalue weighted by atomic mass is 79.9. The van der Waals surface area contributed by atoms with E-state index in [1.54, 1.807) is 53.9 Å². The third-order valence-corrected chi connectivity index (χ3v) is 8.89. The average Bonchev–Trinajstić information content (AvgIpc) is 4.05. The predicted molar refractivity (Wildman–Crippen MR) is 218 cm³/mol. The number of esters is 2. The molecular weight excluding hydrogens is 902 g/mol. The molecule has 7 heterocycles. The summed E-state index contributed by atoms with van der Waals surface area (Å²) >= 11 is 6.74. The Kier molecular flexibility index (Phi) is 14.2. The summed E-state index contributed by atoms with van der Waals surface area (Å²) in [4.78, 5) is 49.5. The Hall–Kier alpha value is -7.02. The number of rotatable bonds is 10. The lowest BCUT2D eigenvalue weighted by molar-refractivity contribution is 0.0506. The van der Waals surface area contributed by atoms with E-state index < -0.39 is 11.9 Å². The highest BCUT2D eigenvalue weighted by Crippen LogP contribution is 2.29. The summed E-state index contributed by atoms with van der Waals surface area (Å²) in [6.45, 7) is 7.53. The van der Waals surface area contributed by atoms with Gasteiger partial charge in [0.25, 0.3) is 11.9 Å². The van der Waals surface area contributed by atoms with Crippen LogP contribution < -0.4 is 26.7 Å². The van der Waals surface area contributed by atoms with E-state index in [9.17, 15) is 9.59 Å². The largest absolute Gasteiger partial charge is 0.480 e. The third-order valence-electron chi connectivity index (χ3n) is 7.37. The van der Waals surface area contributed by atoms with Gasteiger partial charge in [-0.1, -0.05) is 0 Å². The molecule has 0 unspecified atom stereocenters. The summed E-state index contributed by atoms with van der Waals surface area (Å²) in [6, 6.07) is 8.17. The summed E-state index contributed by atoms with van der Waals surface area (Å²) in [5.41, 5.74) is 19.1. The zero-order valence-electron chi connectivity index (χ0n) is 32.3. The molecule has 0 radical (unpaired) electrons. The summed E-state index contributed by atoms with van der Waals surface area (Å²) in [5, 5.41) is 16.9. The van der Waals surface area contributed by atoms with Crippen molar-refractivity contribution in [3.8, 4) is 35.3 Å². The molecular formula is C34H37Br2N17O6. The van der Waals surface area contributed by atoms with Gasteiger partial charge in [-0.2, -0.15) is 34.8 Å². The van der Waals surface area contributed by atoms with Crippen LogP contribution in [0, 0.1) is 13.8 Å². The number of carbonyl (C=O) groups is 2. The lowest BCUT2D eigenvalue weighted by atomic mass is 10.4. The van der Waals surface area contributed by atoms with Gasteiger partial charge in [-0.15, -0.1) is 10.2 Å². The molecule has 0 aromatic carbocycles. The SMILES string of the molecule is CCOC(=O)c1cc(OC)nn1-c1nc(N)c(Br)c(-n2nc(OC)cc2C(=O)OCC)n1.Cc1cc(C)n(-c2nc(-n3cccn3)nc(N)c2Br)n1.Nc1ccncn1. The van der Waals surface area contributed by atoms with Crippen molar-refractivity contribution in [3.05, 3.63) is 87.0 Å². The van der Waals surface area contributed by atoms with Crippen molar-refractivity contribution in [1.29, 1.82) is 0 Å². The number of methoxy groups -OCH3 is 2. The van der Waals surface area contributed by atoms with Crippen LogP contribution in [0.3, 0.4) is 0 Å². The van der Waals surface area contributed by atoms with Crippen LogP contribution in [0.1, 0.15) is 46.2 Å². The Morgan fingerprint density at radius 1 is 0.729 bits per heavy atom. The number of nitrogens with two attached hydrogens (primary N) is 3. The molecule has 0 saturated heterocycles. The minimum absolute atomic E-state index is 0.00134. The van der Waals surface area contributed by atoms with Crippen LogP contribution in [0.15, 0.2) is 64.2 Å². The average molecular weight is 940 g/mol. The molecule has 0 aliphatic rings. The first kappa shape index (κ1) is 43.1. The van der Waals surface area contributed by atoms with Crippen molar-refractivity contribution in [2.45, 2.75) is 27.7 Å². The Morgan fingerprint density at radius 3 is 1.76 bits per heavy atom. The van der Waals surface area contributed by atoms with Gasteiger partial charge in [0, 0.05) is 36.4 Å². The number of nitrogens with zero attached hydrogens (tertiary/aromatic N) is 14. The third kappa shape index (κ3) is 10.1. The lowest BCUT2D eigenvalue weighted by Crippen LogP contribution is -2.18. The number of carbonyl (C=O) groups excluding carboxylic acids is 2. The normalized spacial score (nSPS) is 10.5. The Labute approximate surface area is 352 Å². The molecule has 7 aromatic rings. The summed E-state index contributed by atoms with van der Waals surface area (Å²) < 4.78 is 26.9. The smallest absolute Gasteiger partial charge is 0.357 e. The fourth-order valence-corrected chi connectivity index (χ4v) is 5.51. The quantitative estimate of drug-likeness (QED) is 0.165. The van der Waals surface area contributed by atoms with E-state index in [-0.39, 0.29) is 58.4 Å². The van der Waals surface area contributed by atoms with Crippen LogP contribution in [0.5, 0.6) is 11.8 Å². The van der Waals surface area contributed by atoms with Crippen LogP contribution in [0.4, 0.5) is 17.5 Å². The van der Waals surface area contributed by atoms with Gasteiger partial charge in [0.1, 0.15) is 32.7 Å². The van der Waals surface area contributed by atoms with E-state index >= 15 is 0 Å². The molecule has 308 valence electrons. The number of halogens is 2. The van der Waals surface area contributed by atoms with Crippen molar-refractivity contribution in [2.24, 2.45) is 0 Å². The first-order chi connectivity index (χ1) is 28.3. The maximum absolute atomic E-state index is 12.5. The Bertz CT molecular complexity index is 2540. The molecule has 0 spiro atoms. The molecule has 0 amide bonds. The molecule has 7 aromatic heterocycles. The van der Waals surface area contributed by atoms with Gasteiger partial charge in [0.05, 0.1) is 33.1 Å². The molecule has 0 aliphatic carbocycles. The van der Waals surface area contributed by atoms with Crippen molar-refractivity contribution >= 4 is 61.3 Å². The van der Waals surface area contributed by atoms with E-state index in [1.165, 1.54) is 37.4 Å². The monoisotopic (exact) mass is 937 g/mol. The first-order valence-electron chi connectivity index (χ1n) is 17.1. The molecule has 6 N–H and O–H groups in total. The molecule has 7 rings (SSSR count). The minimum atomic E-state index is -0.664. The summed E-state index contributed by atoms with van der Waals surface area (Å²) in [7, 11) is 2.80. The van der Waals surface area contributed by atoms with Gasteiger partial charge in [-0.3, -0.25) is 0 Å². The highest BCUT2D eigenvalue weighted by molar-refractivity contribution is 9.11. The molecule has 0 saturated carbocycles. The molecule has 25 heteroatoms. The van der Waals surface area contributed by atoms with Gasteiger partial charge in [-0.25, -0.2) is 33.6 Å². The van der Waals surface area contributed by atoms with Gasteiger partial charge in [0.2, 0.25) is 11.8 Å². The number of nitrogen functional groups attached to an aromatic ring is 3. The van der Waals surface area contributed by atoms with E-state index in [0.717, 1.165) is 16.1 Å². The van der Waals surface area contributed by atoms with Gasteiger partial charge < -0.3 is 36.1 Å². The van der Waals surface area contributed by atoms with Crippen LogP contribution in [0.2, 0.25) is 0 Å². The summed E-state index contributed by atoms with van der Waals surface area (Å²) in [5.74, 6) is 0.803. The summed E-state index contributed by atoms with van der Waals surface area (Å²) in [6.07, 6.45) is 6.43. The second-order valence-corrected chi connectivity index (χ2v) is 13.0. The number of hydrogen-bond acceptors (Lipinski definition) is 19. The molecule has 0 atom stereocenters. The van der Waals surface area contributed by atoms with Gasteiger partial charge in [0.15, 0.2) is 23.0 Å². The Balaban J connectivity index is 0.000000206. The second kappa shape index (κ2) is 19.4. The predicted octanol–water partition coefficient (Wildman–Crippen LogP) is 3.43. The topological polar surface area (TPSA) is 298 Å². The maximum atomic E-state index is 12.5. The number of anilines is 3. The minimum Gasteiger partial charge on any atom is -0.480 e. The van der Waals surface area contributed by atoms with E-state index in [4.69, 9.17) is 36.1 Å². The van der Waals surface area contributed by atoms with E-state index in [0.29, 0.717) is 27.9 Å². The zero-order chi connectivity index (χ0) is 42.8. The first-order valence-corrected chi connectivity index (χ1v) is 18.7. The van der Waals surface area contributed by atoms with E-state index in [1.807, 2.05) is 19.9 Å². The molecule has 59 heavy (non-hydrogen) atoms.